The van der Waals surface area contributed by atoms with Crippen LogP contribution in [-0.2, 0) is 4.74 Å². The van der Waals surface area contributed by atoms with Gasteiger partial charge in [-0.15, -0.1) is 0 Å². The first-order chi connectivity index (χ1) is 13.4. The van der Waals surface area contributed by atoms with Crippen molar-refractivity contribution in [2.45, 2.75) is 47.5 Å². The minimum atomic E-state index is -0.318. The summed E-state index contributed by atoms with van der Waals surface area (Å²) in [6.45, 7) is 10.7. The standard InChI is InChI=1S/C25H31NO2/c1-18(2)10-8-11-19(3)16-17-28-25(27)22-13-6-7-14-24(22)26-23-15-9-12-20(4)21(23)5/h6-7,9-10,12-16,26H,8,11,17H2,1-5H3/b19-16+. The highest BCUT2D eigenvalue weighted by atomic mass is 16.5. The first-order valence-electron chi connectivity index (χ1n) is 9.77. The molecule has 2 aromatic rings. The van der Waals surface area contributed by atoms with Gasteiger partial charge in [0.05, 0.1) is 11.3 Å². The van der Waals surface area contributed by atoms with Crippen LogP contribution >= 0.6 is 0 Å². The third kappa shape index (κ3) is 6.41. The van der Waals surface area contributed by atoms with Gasteiger partial charge in [0.2, 0.25) is 0 Å². The SMILES string of the molecule is CC(C)=CCC/C(C)=C/COC(=O)c1ccccc1Nc1cccc(C)c1C. The lowest BCUT2D eigenvalue weighted by molar-refractivity contribution is 0.0550. The van der Waals surface area contributed by atoms with Crippen molar-refractivity contribution in [2.75, 3.05) is 11.9 Å². The predicted molar refractivity (Wildman–Crippen MR) is 118 cm³/mol. The zero-order valence-corrected chi connectivity index (χ0v) is 17.6. The molecule has 0 aliphatic carbocycles. The lowest BCUT2D eigenvalue weighted by Gasteiger charge is -2.14. The summed E-state index contributed by atoms with van der Waals surface area (Å²) in [5, 5.41) is 3.38. The number of benzene rings is 2. The Morgan fingerprint density at radius 1 is 0.964 bits per heavy atom. The van der Waals surface area contributed by atoms with Crippen molar-refractivity contribution in [3.63, 3.8) is 0 Å². The maximum atomic E-state index is 12.6. The molecule has 0 heterocycles. The van der Waals surface area contributed by atoms with Gasteiger partial charge in [-0.05, 0) is 82.9 Å². The third-order valence-electron chi connectivity index (χ3n) is 4.76. The summed E-state index contributed by atoms with van der Waals surface area (Å²) in [6, 6.07) is 13.6. The molecule has 148 valence electrons. The molecular weight excluding hydrogens is 346 g/mol. The Morgan fingerprint density at radius 2 is 1.68 bits per heavy atom. The van der Waals surface area contributed by atoms with E-state index in [1.165, 1.54) is 22.3 Å². The third-order valence-corrected chi connectivity index (χ3v) is 4.76. The molecule has 3 heteroatoms. The monoisotopic (exact) mass is 377 g/mol. The molecule has 0 radical (unpaired) electrons. The number of para-hydroxylation sites is 1. The molecule has 3 nitrogen and oxygen atoms in total. The van der Waals surface area contributed by atoms with Gasteiger partial charge in [0.1, 0.15) is 6.61 Å². The lowest BCUT2D eigenvalue weighted by Crippen LogP contribution is -2.09. The van der Waals surface area contributed by atoms with E-state index >= 15 is 0 Å². The number of esters is 1. The van der Waals surface area contributed by atoms with Crippen molar-refractivity contribution >= 4 is 17.3 Å². The van der Waals surface area contributed by atoms with Crippen molar-refractivity contribution in [1.82, 2.24) is 0 Å². The van der Waals surface area contributed by atoms with Crippen LogP contribution in [0, 0.1) is 13.8 Å². The molecule has 28 heavy (non-hydrogen) atoms. The number of anilines is 2. The van der Waals surface area contributed by atoms with Crippen LogP contribution in [0.3, 0.4) is 0 Å². The number of hydrogen-bond acceptors (Lipinski definition) is 3. The summed E-state index contributed by atoms with van der Waals surface area (Å²) in [5.74, 6) is -0.318. The molecule has 0 aliphatic rings. The van der Waals surface area contributed by atoms with Gasteiger partial charge in [-0.2, -0.15) is 0 Å². The molecule has 0 unspecified atom stereocenters. The zero-order valence-electron chi connectivity index (χ0n) is 17.6. The molecule has 2 rings (SSSR count). The quantitative estimate of drug-likeness (QED) is 0.402. The van der Waals surface area contributed by atoms with Crippen LogP contribution < -0.4 is 5.32 Å². The Hall–Kier alpha value is -2.81. The fraction of sp³-hybridized carbons (Fsp3) is 0.320. The normalized spacial score (nSPS) is 11.1. The minimum Gasteiger partial charge on any atom is -0.458 e. The van der Waals surface area contributed by atoms with Crippen LogP contribution in [-0.4, -0.2) is 12.6 Å². The van der Waals surface area contributed by atoms with Gasteiger partial charge in [-0.3, -0.25) is 0 Å². The summed E-state index contributed by atoms with van der Waals surface area (Å²) in [6.07, 6.45) is 6.20. The van der Waals surface area contributed by atoms with Crippen molar-refractivity contribution in [2.24, 2.45) is 0 Å². The van der Waals surface area contributed by atoms with Crippen molar-refractivity contribution < 1.29 is 9.53 Å². The predicted octanol–water partition coefficient (Wildman–Crippen LogP) is 6.90. The molecule has 0 aromatic heterocycles. The molecule has 0 spiro atoms. The van der Waals surface area contributed by atoms with Crippen LogP contribution in [0.2, 0.25) is 0 Å². The zero-order chi connectivity index (χ0) is 20.5. The van der Waals surface area contributed by atoms with Crippen LogP contribution in [0.15, 0.2) is 65.8 Å². The number of rotatable bonds is 8. The highest BCUT2D eigenvalue weighted by Crippen LogP contribution is 2.25. The Balaban J connectivity index is 2.02. The largest absolute Gasteiger partial charge is 0.458 e. The molecule has 0 fully saturated rings. The minimum absolute atomic E-state index is 0.289. The fourth-order valence-electron chi connectivity index (χ4n) is 2.83. The second kappa shape index (κ2) is 10.5. The summed E-state index contributed by atoms with van der Waals surface area (Å²) >= 11 is 0. The van der Waals surface area contributed by atoms with Gasteiger partial charge in [-0.25, -0.2) is 4.79 Å². The second-order valence-corrected chi connectivity index (χ2v) is 7.39. The smallest absolute Gasteiger partial charge is 0.340 e. The molecule has 0 amide bonds. The number of hydrogen-bond donors (Lipinski definition) is 1. The molecule has 0 saturated carbocycles. The van der Waals surface area contributed by atoms with Crippen LogP contribution in [0.25, 0.3) is 0 Å². The first kappa shape index (κ1) is 21.5. The van der Waals surface area contributed by atoms with Gasteiger partial charge in [0.25, 0.3) is 0 Å². The summed E-state index contributed by atoms with van der Waals surface area (Å²) in [4.78, 5) is 12.6. The summed E-state index contributed by atoms with van der Waals surface area (Å²) < 4.78 is 5.49. The molecule has 2 aromatic carbocycles. The van der Waals surface area contributed by atoms with E-state index in [-0.39, 0.29) is 12.6 Å². The topological polar surface area (TPSA) is 38.3 Å². The van der Waals surface area contributed by atoms with Gasteiger partial charge in [-0.1, -0.05) is 41.5 Å². The Kier molecular flexibility index (Phi) is 8.06. The number of carbonyl (C=O) groups is 1. The summed E-state index contributed by atoms with van der Waals surface area (Å²) in [7, 11) is 0. The second-order valence-electron chi connectivity index (χ2n) is 7.39. The van der Waals surface area contributed by atoms with Crippen molar-refractivity contribution in [3.8, 4) is 0 Å². The Morgan fingerprint density at radius 3 is 2.43 bits per heavy atom. The van der Waals surface area contributed by atoms with E-state index in [0.29, 0.717) is 5.56 Å². The van der Waals surface area contributed by atoms with E-state index in [2.05, 4.69) is 52.1 Å². The van der Waals surface area contributed by atoms with Gasteiger partial charge in [0.15, 0.2) is 0 Å². The lowest BCUT2D eigenvalue weighted by atomic mass is 10.1. The molecule has 1 N–H and O–H groups in total. The maximum Gasteiger partial charge on any atom is 0.340 e. The molecular formula is C25H31NO2. The highest BCUT2D eigenvalue weighted by Gasteiger charge is 2.13. The van der Waals surface area contributed by atoms with Crippen LogP contribution in [0.1, 0.15) is 55.1 Å². The average molecular weight is 378 g/mol. The average Bonchev–Trinajstić information content (AvgIpc) is 2.65. The van der Waals surface area contributed by atoms with Crippen molar-refractivity contribution in [3.05, 3.63) is 82.5 Å². The maximum absolute atomic E-state index is 12.6. The number of carbonyl (C=O) groups excluding carboxylic acids is 1. The molecule has 0 aliphatic heterocycles. The van der Waals surface area contributed by atoms with E-state index in [1.807, 2.05) is 36.4 Å². The molecule has 0 atom stereocenters. The van der Waals surface area contributed by atoms with Gasteiger partial charge in [0, 0.05) is 5.69 Å². The Labute approximate surface area is 169 Å². The van der Waals surface area contributed by atoms with Gasteiger partial charge >= 0.3 is 5.97 Å². The number of allylic oxidation sites excluding steroid dienone is 3. The Bertz CT molecular complexity index is 874. The molecule has 0 saturated heterocycles. The first-order valence-corrected chi connectivity index (χ1v) is 9.77. The van der Waals surface area contributed by atoms with E-state index < -0.39 is 0 Å². The fourth-order valence-corrected chi connectivity index (χ4v) is 2.83. The van der Waals surface area contributed by atoms with Crippen molar-refractivity contribution in [1.29, 1.82) is 0 Å². The number of aryl methyl sites for hydroxylation is 1. The van der Waals surface area contributed by atoms with Crippen LogP contribution in [0.4, 0.5) is 11.4 Å². The number of nitrogens with one attached hydrogen (secondary N) is 1. The number of ether oxygens (including phenoxy) is 1. The van der Waals surface area contributed by atoms with E-state index in [0.717, 1.165) is 24.2 Å². The van der Waals surface area contributed by atoms with E-state index in [4.69, 9.17) is 4.74 Å². The van der Waals surface area contributed by atoms with E-state index in [1.54, 1.807) is 6.07 Å². The molecule has 0 bridgehead atoms. The summed E-state index contributed by atoms with van der Waals surface area (Å²) in [5.41, 5.74) is 7.22. The van der Waals surface area contributed by atoms with Crippen LogP contribution in [0.5, 0.6) is 0 Å². The van der Waals surface area contributed by atoms with Gasteiger partial charge < -0.3 is 10.1 Å². The highest BCUT2D eigenvalue weighted by molar-refractivity contribution is 5.96. The van der Waals surface area contributed by atoms with E-state index in [9.17, 15) is 4.79 Å².